The number of nitrogens with zero attached hydrogens (tertiary/aromatic N) is 3. The molecule has 0 aliphatic heterocycles. The molecule has 0 saturated carbocycles. The zero-order chi connectivity index (χ0) is 12.5. The molecule has 0 spiro atoms. The number of hydrogen-bond acceptors (Lipinski definition) is 2. The van der Waals surface area contributed by atoms with Crippen LogP contribution >= 0.6 is 0 Å². The van der Waals surface area contributed by atoms with Gasteiger partial charge in [0.15, 0.2) is 0 Å². The number of aryl methyl sites for hydroxylation is 2. The van der Waals surface area contributed by atoms with E-state index >= 15 is 0 Å². The molecule has 0 atom stereocenters. The zero-order valence-electron chi connectivity index (χ0n) is 10.6. The second kappa shape index (κ2) is 4.22. The molecule has 0 radical (unpaired) electrons. The molecule has 0 bridgehead atoms. The van der Waals surface area contributed by atoms with Crippen LogP contribution in [0.25, 0.3) is 10.9 Å². The minimum Gasteiger partial charge on any atom is -0.378 e. The van der Waals surface area contributed by atoms with Crippen LogP contribution in [0.2, 0.25) is 0 Å². The predicted molar refractivity (Wildman–Crippen MR) is 73.5 cm³/mol. The Bertz CT molecular complexity index is 678. The van der Waals surface area contributed by atoms with Gasteiger partial charge in [0, 0.05) is 43.9 Å². The number of nitrogens with one attached hydrogen (secondary N) is 1. The second-order valence-corrected chi connectivity index (χ2v) is 4.54. The molecule has 0 amide bonds. The van der Waals surface area contributed by atoms with Crippen molar-refractivity contribution in [3.8, 4) is 0 Å². The van der Waals surface area contributed by atoms with E-state index in [1.807, 2.05) is 19.4 Å². The molecule has 92 valence electrons. The van der Waals surface area contributed by atoms with Gasteiger partial charge in [-0.05, 0) is 11.6 Å². The van der Waals surface area contributed by atoms with E-state index in [0.717, 1.165) is 12.2 Å². The summed E-state index contributed by atoms with van der Waals surface area (Å²) in [4.78, 5) is 0. The first-order chi connectivity index (χ1) is 8.74. The van der Waals surface area contributed by atoms with Gasteiger partial charge in [-0.25, -0.2) is 0 Å². The lowest BCUT2D eigenvalue weighted by atomic mass is 10.2. The summed E-state index contributed by atoms with van der Waals surface area (Å²) in [5.41, 5.74) is 3.61. The van der Waals surface area contributed by atoms with Crippen molar-refractivity contribution in [2.24, 2.45) is 14.1 Å². The summed E-state index contributed by atoms with van der Waals surface area (Å²) in [5, 5.41) is 8.84. The Labute approximate surface area is 106 Å². The number of benzene rings is 1. The van der Waals surface area contributed by atoms with Gasteiger partial charge in [-0.2, -0.15) is 5.10 Å². The maximum atomic E-state index is 4.15. The largest absolute Gasteiger partial charge is 0.378 e. The third kappa shape index (κ3) is 1.86. The first-order valence-electron chi connectivity index (χ1n) is 5.99. The summed E-state index contributed by atoms with van der Waals surface area (Å²) in [7, 11) is 4.00. The summed E-state index contributed by atoms with van der Waals surface area (Å²) in [6.07, 6.45) is 5.99. The highest BCUT2D eigenvalue weighted by molar-refractivity contribution is 5.84. The maximum Gasteiger partial charge on any atom is 0.0729 e. The molecule has 0 fully saturated rings. The third-order valence-electron chi connectivity index (χ3n) is 3.17. The normalized spacial score (nSPS) is 11.0. The van der Waals surface area contributed by atoms with Crippen molar-refractivity contribution in [1.82, 2.24) is 14.3 Å². The van der Waals surface area contributed by atoms with Crippen molar-refractivity contribution in [3.05, 3.63) is 48.4 Å². The molecule has 4 nitrogen and oxygen atoms in total. The Kier molecular flexibility index (Phi) is 2.55. The van der Waals surface area contributed by atoms with Gasteiger partial charge in [0.25, 0.3) is 0 Å². The van der Waals surface area contributed by atoms with Crippen molar-refractivity contribution in [1.29, 1.82) is 0 Å². The minimum absolute atomic E-state index is 0.813. The van der Waals surface area contributed by atoms with Gasteiger partial charge in [-0.3, -0.25) is 4.68 Å². The van der Waals surface area contributed by atoms with Crippen LogP contribution in [0.15, 0.2) is 42.9 Å². The van der Waals surface area contributed by atoms with Crippen molar-refractivity contribution in [2.75, 3.05) is 5.32 Å². The van der Waals surface area contributed by atoms with E-state index in [0.29, 0.717) is 0 Å². The van der Waals surface area contributed by atoms with Crippen LogP contribution in [0.5, 0.6) is 0 Å². The van der Waals surface area contributed by atoms with Crippen molar-refractivity contribution >= 4 is 16.6 Å². The van der Waals surface area contributed by atoms with E-state index in [1.165, 1.54) is 16.5 Å². The van der Waals surface area contributed by atoms with Crippen LogP contribution in [0.4, 0.5) is 5.69 Å². The van der Waals surface area contributed by atoms with Crippen molar-refractivity contribution in [3.63, 3.8) is 0 Å². The Morgan fingerprint density at radius 3 is 2.78 bits per heavy atom. The highest BCUT2D eigenvalue weighted by Gasteiger charge is 2.05. The van der Waals surface area contributed by atoms with E-state index in [-0.39, 0.29) is 0 Å². The summed E-state index contributed by atoms with van der Waals surface area (Å²) >= 11 is 0. The fourth-order valence-corrected chi connectivity index (χ4v) is 2.28. The van der Waals surface area contributed by atoms with Gasteiger partial charge in [-0.15, -0.1) is 0 Å². The molecule has 0 saturated heterocycles. The molecular weight excluding hydrogens is 224 g/mol. The van der Waals surface area contributed by atoms with Crippen LogP contribution in [-0.2, 0) is 20.6 Å². The molecule has 0 unspecified atom stereocenters. The quantitative estimate of drug-likeness (QED) is 0.763. The molecule has 3 aromatic rings. The van der Waals surface area contributed by atoms with Crippen LogP contribution in [0.3, 0.4) is 0 Å². The number of rotatable bonds is 3. The average molecular weight is 240 g/mol. The standard InChI is InChI=1S/C14H16N4/c1-17-9-11(13-5-3-4-6-14(13)17)7-15-12-8-16-18(2)10-12/h3-6,8-10,15H,7H2,1-2H3. The molecule has 3 rings (SSSR count). The number of para-hydroxylation sites is 1. The smallest absolute Gasteiger partial charge is 0.0729 e. The van der Waals surface area contributed by atoms with Crippen LogP contribution in [0, 0.1) is 0 Å². The summed E-state index contributed by atoms with van der Waals surface area (Å²) in [6.45, 7) is 0.813. The monoisotopic (exact) mass is 240 g/mol. The van der Waals surface area contributed by atoms with Crippen molar-refractivity contribution < 1.29 is 0 Å². The first kappa shape index (κ1) is 10.9. The maximum absolute atomic E-state index is 4.15. The highest BCUT2D eigenvalue weighted by atomic mass is 15.3. The van der Waals surface area contributed by atoms with Gasteiger partial charge in [0.2, 0.25) is 0 Å². The highest BCUT2D eigenvalue weighted by Crippen LogP contribution is 2.21. The second-order valence-electron chi connectivity index (χ2n) is 4.54. The molecule has 0 aliphatic carbocycles. The van der Waals surface area contributed by atoms with E-state index < -0.39 is 0 Å². The Balaban J connectivity index is 1.86. The lowest BCUT2D eigenvalue weighted by molar-refractivity contribution is 0.768. The Hall–Kier alpha value is -2.23. The number of anilines is 1. The predicted octanol–water partition coefficient (Wildman–Crippen LogP) is 2.52. The first-order valence-corrected chi connectivity index (χ1v) is 5.99. The van der Waals surface area contributed by atoms with Crippen LogP contribution in [0.1, 0.15) is 5.56 Å². The van der Waals surface area contributed by atoms with Gasteiger partial charge >= 0.3 is 0 Å². The molecule has 4 heteroatoms. The topological polar surface area (TPSA) is 34.8 Å². The average Bonchev–Trinajstić information content (AvgIpc) is 2.92. The number of aromatic nitrogens is 3. The van der Waals surface area contributed by atoms with Gasteiger partial charge in [0.05, 0.1) is 11.9 Å². The van der Waals surface area contributed by atoms with E-state index in [4.69, 9.17) is 0 Å². The molecular formula is C14H16N4. The van der Waals surface area contributed by atoms with Crippen LogP contribution in [-0.4, -0.2) is 14.3 Å². The molecule has 18 heavy (non-hydrogen) atoms. The fourth-order valence-electron chi connectivity index (χ4n) is 2.28. The minimum atomic E-state index is 0.813. The zero-order valence-corrected chi connectivity index (χ0v) is 10.6. The number of hydrogen-bond donors (Lipinski definition) is 1. The van der Waals surface area contributed by atoms with Gasteiger partial charge < -0.3 is 9.88 Å². The molecule has 1 aromatic carbocycles. The molecule has 2 heterocycles. The fraction of sp³-hybridized carbons (Fsp3) is 0.214. The molecule has 0 aliphatic rings. The summed E-state index contributed by atoms with van der Waals surface area (Å²) in [6, 6.07) is 8.45. The van der Waals surface area contributed by atoms with E-state index in [2.05, 4.69) is 52.5 Å². The summed E-state index contributed by atoms with van der Waals surface area (Å²) < 4.78 is 3.96. The van der Waals surface area contributed by atoms with Crippen LogP contribution < -0.4 is 5.32 Å². The lowest BCUT2D eigenvalue weighted by Crippen LogP contribution is -1.97. The van der Waals surface area contributed by atoms with Gasteiger partial charge in [-0.1, -0.05) is 18.2 Å². The van der Waals surface area contributed by atoms with Gasteiger partial charge in [0.1, 0.15) is 0 Å². The van der Waals surface area contributed by atoms with Crippen molar-refractivity contribution in [2.45, 2.75) is 6.54 Å². The summed E-state index contributed by atoms with van der Waals surface area (Å²) in [5.74, 6) is 0. The molecule has 1 N–H and O–H groups in total. The number of fused-ring (bicyclic) bond motifs is 1. The molecule has 2 aromatic heterocycles. The Morgan fingerprint density at radius 2 is 2.00 bits per heavy atom. The SMILES string of the molecule is Cn1cc(NCc2cn(C)c3ccccc23)cn1. The third-order valence-corrected chi connectivity index (χ3v) is 3.17. The Morgan fingerprint density at radius 1 is 1.17 bits per heavy atom. The van der Waals surface area contributed by atoms with E-state index in [9.17, 15) is 0 Å². The van der Waals surface area contributed by atoms with E-state index in [1.54, 1.807) is 4.68 Å². The lowest BCUT2D eigenvalue weighted by Gasteiger charge is -2.01.